The number of hydrogen-bond acceptors (Lipinski definition) is 5. The van der Waals surface area contributed by atoms with Crippen molar-refractivity contribution in [2.24, 2.45) is 0 Å². The zero-order valence-corrected chi connectivity index (χ0v) is 16.0. The van der Waals surface area contributed by atoms with Gasteiger partial charge in [0.1, 0.15) is 11.5 Å². The lowest BCUT2D eigenvalue weighted by Gasteiger charge is -2.11. The molecule has 1 aliphatic rings. The molecule has 1 aromatic carbocycles. The van der Waals surface area contributed by atoms with Crippen LogP contribution in [0.25, 0.3) is 11.6 Å². The summed E-state index contributed by atoms with van der Waals surface area (Å²) in [4.78, 5) is 7.18. The maximum Gasteiger partial charge on any atom is 0.194 e. The zero-order chi connectivity index (χ0) is 18.6. The third-order valence-electron chi connectivity index (χ3n) is 5.00. The Bertz CT molecular complexity index is 876. The highest BCUT2D eigenvalue weighted by atomic mass is 16.5. The van der Waals surface area contributed by atoms with E-state index in [0.717, 1.165) is 60.7 Å². The van der Waals surface area contributed by atoms with Crippen molar-refractivity contribution in [1.82, 2.24) is 19.7 Å². The summed E-state index contributed by atoms with van der Waals surface area (Å²) in [5.41, 5.74) is 1.16. The van der Waals surface area contributed by atoms with Gasteiger partial charge in [-0.1, -0.05) is 12.1 Å². The highest BCUT2D eigenvalue weighted by molar-refractivity contribution is 5.47. The first-order chi connectivity index (χ1) is 13.2. The van der Waals surface area contributed by atoms with Crippen molar-refractivity contribution in [3.8, 4) is 17.3 Å². The number of aryl methyl sites for hydroxylation is 1. The van der Waals surface area contributed by atoms with Gasteiger partial charge in [-0.15, -0.1) is 0 Å². The Morgan fingerprint density at radius 1 is 1.07 bits per heavy atom. The Kier molecular flexibility index (Phi) is 5.25. The minimum atomic E-state index is 0.686. The van der Waals surface area contributed by atoms with E-state index in [1.807, 2.05) is 35.0 Å². The summed E-state index contributed by atoms with van der Waals surface area (Å²) >= 11 is 0. The lowest BCUT2D eigenvalue weighted by atomic mass is 10.1. The number of benzene rings is 1. The number of likely N-dealkylation sites (tertiary alicyclic amines) is 1. The zero-order valence-electron chi connectivity index (χ0n) is 16.0. The molecule has 0 spiro atoms. The molecule has 2 aromatic heterocycles. The maximum absolute atomic E-state index is 6.09. The van der Waals surface area contributed by atoms with Gasteiger partial charge in [0.2, 0.25) is 0 Å². The van der Waals surface area contributed by atoms with E-state index >= 15 is 0 Å². The van der Waals surface area contributed by atoms with Gasteiger partial charge in [-0.25, -0.2) is 9.67 Å². The highest BCUT2D eigenvalue weighted by Crippen LogP contribution is 2.23. The van der Waals surface area contributed by atoms with E-state index in [1.165, 1.54) is 12.8 Å². The minimum absolute atomic E-state index is 0.686. The lowest BCUT2D eigenvalue weighted by Crippen LogP contribution is -2.17. The average Bonchev–Trinajstić information content (AvgIpc) is 3.43. The van der Waals surface area contributed by atoms with Crippen LogP contribution in [0.4, 0.5) is 0 Å². The summed E-state index contributed by atoms with van der Waals surface area (Å²) < 4.78 is 13.2. The van der Waals surface area contributed by atoms with Crippen molar-refractivity contribution in [2.75, 3.05) is 20.2 Å². The molecule has 4 rings (SSSR count). The molecule has 0 N–H and O–H groups in total. The SMILES string of the molecule is CCn1nc(Cc2ccc(OC)cc2)nc1-c1ccc(CN2CCCC2)o1. The topological polar surface area (TPSA) is 56.3 Å². The molecule has 0 unspecified atom stereocenters. The molecule has 1 aliphatic heterocycles. The van der Waals surface area contributed by atoms with Crippen LogP contribution in [0.2, 0.25) is 0 Å². The average molecular weight is 366 g/mol. The molecule has 0 radical (unpaired) electrons. The highest BCUT2D eigenvalue weighted by Gasteiger charge is 2.17. The number of aromatic nitrogens is 3. The van der Waals surface area contributed by atoms with Gasteiger partial charge in [-0.3, -0.25) is 4.90 Å². The quantitative estimate of drug-likeness (QED) is 0.637. The van der Waals surface area contributed by atoms with Crippen molar-refractivity contribution in [3.05, 3.63) is 53.5 Å². The maximum atomic E-state index is 6.09. The van der Waals surface area contributed by atoms with E-state index < -0.39 is 0 Å². The van der Waals surface area contributed by atoms with Crippen LogP contribution in [0, 0.1) is 0 Å². The van der Waals surface area contributed by atoms with Crippen LogP contribution in [0.5, 0.6) is 5.75 Å². The lowest BCUT2D eigenvalue weighted by molar-refractivity contribution is 0.299. The first-order valence-corrected chi connectivity index (χ1v) is 9.63. The van der Waals surface area contributed by atoms with E-state index in [0.29, 0.717) is 6.42 Å². The van der Waals surface area contributed by atoms with Crippen LogP contribution in [-0.2, 0) is 19.5 Å². The van der Waals surface area contributed by atoms with Crippen molar-refractivity contribution in [1.29, 1.82) is 0 Å². The molecule has 6 heteroatoms. The molecular weight excluding hydrogens is 340 g/mol. The van der Waals surface area contributed by atoms with Crippen LogP contribution in [-0.4, -0.2) is 39.9 Å². The molecular formula is C21H26N4O2. The minimum Gasteiger partial charge on any atom is -0.497 e. The number of ether oxygens (including phenoxy) is 1. The number of rotatable bonds is 7. The Labute approximate surface area is 159 Å². The summed E-state index contributed by atoms with van der Waals surface area (Å²) in [6.45, 7) is 6.02. The fourth-order valence-electron chi connectivity index (χ4n) is 3.54. The molecule has 1 fully saturated rings. The van der Waals surface area contributed by atoms with Crippen LogP contribution >= 0.6 is 0 Å². The second-order valence-electron chi connectivity index (χ2n) is 6.94. The van der Waals surface area contributed by atoms with Crippen LogP contribution in [0.1, 0.15) is 36.9 Å². The van der Waals surface area contributed by atoms with E-state index in [1.54, 1.807) is 7.11 Å². The Balaban J connectivity index is 1.51. The van der Waals surface area contributed by atoms with Crippen molar-refractivity contribution < 1.29 is 9.15 Å². The van der Waals surface area contributed by atoms with E-state index in [2.05, 4.69) is 23.0 Å². The van der Waals surface area contributed by atoms with E-state index in [9.17, 15) is 0 Å². The van der Waals surface area contributed by atoms with Crippen molar-refractivity contribution >= 4 is 0 Å². The molecule has 3 heterocycles. The molecule has 0 bridgehead atoms. The Hall–Kier alpha value is -2.60. The predicted octanol–water partition coefficient (Wildman–Crippen LogP) is 3.75. The summed E-state index contributed by atoms with van der Waals surface area (Å²) in [5.74, 6) is 4.24. The van der Waals surface area contributed by atoms with Gasteiger partial charge in [-0.05, 0) is 62.7 Å². The third-order valence-corrected chi connectivity index (χ3v) is 5.00. The summed E-state index contributed by atoms with van der Waals surface area (Å²) in [6, 6.07) is 12.1. The van der Waals surface area contributed by atoms with Gasteiger partial charge in [0.15, 0.2) is 17.4 Å². The predicted molar refractivity (Wildman–Crippen MR) is 104 cm³/mol. The Morgan fingerprint density at radius 2 is 1.85 bits per heavy atom. The fraction of sp³-hybridized carbons (Fsp3) is 0.429. The first-order valence-electron chi connectivity index (χ1n) is 9.63. The molecule has 0 atom stereocenters. The van der Waals surface area contributed by atoms with Crippen LogP contribution < -0.4 is 4.74 Å². The molecule has 27 heavy (non-hydrogen) atoms. The van der Waals surface area contributed by atoms with Crippen molar-refractivity contribution in [3.63, 3.8) is 0 Å². The Morgan fingerprint density at radius 3 is 2.56 bits per heavy atom. The summed E-state index contributed by atoms with van der Waals surface area (Å²) in [7, 11) is 1.67. The number of furan rings is 1. The summed E-state index contributed by atoms with van der Waals surface area (Å²) in [5, 5.41) is 4.66. The molecule has 6 nitrogen and oxygen atoms in total. The second kappa shape index (κ2) is 7.96. The summed E-state index contributed by atoms with van der Waals surface area (Å²) in [6.07, 6.45) is 3.25. The van der Waals surface area contributed by atoms with Crippen LogP contribution in [0.15, 0.2) is 40.8 Å². The second-order valence-corrected chi connectivity index (χ2v) is 6.94. The van der Waals surface area contributed by atoms with Crippen LogP contribution in [0.3, 0.4) is 0 Å². The molecule has 142 valence electrons. The number of nitrogens with zero attached hydrogens (tertiary/aromatic N) is 4. The first kappa shape index (κ1) is 17.8. The number of methoxy groups -OCH3 is 1. The number of hydrogen-bond donors (Lipinski definition) is 0. The molecule has 0 saturated carbocycles. The fourth-order valence-corrected chi connectivity index (χ4v) is 3.54. The van der Waals surface area contributed by atoms with Gasteiger partial charge in [0, 0.05) is 13.0 Å². The van der Waals surface area contributed by atoms with Crippen molar-refractivity contribution in [2.45, 2.75) is 39.3 Å². The monoisotopic (exact) mass is 366 g/mol. The van der Waals surface area contributed by atoms with Gasteiger partial charge < -0.3 is 9.15 Å². The van der Waals surface area contributed by atoms with E-state index in [4.69, 9.17) is 14.1 Å². The van der Waals surface area contributed by atoms with Gasteiger partial charge >= 0.3 is 0 Å². The third kappa shape index (κ3) is 4.06. The standard InChI is InChI=1S/C21H26N4O2/c1-3-25-21(19-11-10-18(27-19)15-24-12-4-5-13-24)22-20(23-25)14-16-6-8-17(26-2)9-7-16/h6-11H,3-5,12-15H2,1-2H3. The largest absolute Gasteiger partial charge is 0.497 e. The molecule has 3 aromatic rings. The van der Waals surface area contributed by atoms with Gasteiger partial charge in [0.05, 0.1) is 13.7 Å². The molecule has 0 aliphatic carbocycles. The van der Waals surface area contributed by atoms with Gasteiger partial charge in [0.25, 0.3) is 0 Å². The van der Waals surface area contributed by atoms with E-state index in [-0.39, 0.29) is 0 Å². The van der Waals surface area contributed by atoms with Gasteiger partial charge in [-0.2, -0.15) is 5.10 Å². The smallest absolute Gasteiger partial charge is 0.194 e. The molecule has 0 amide bonds. The normalized spacial score (nSPS) is 14.7. The molecule has 1 saturated heterocycles.